The summed E-state index contributed by atoms with van der Waals surface area (Å²) in [6, 6.07) is 5.40. The first-order valence-electron chi connectivity index (χ1n) is 3.63. The Morgan fingerprint density at radius 2 is 1.53 bits per heavy atom. The van der Waals surface area contributed by atoms with Gasteiger partial charge in [0.15, 0.2) is 0 Å². The van der Waals surface area contributed by atoms with Crippen LogP contribution in [0.15, 0.2) is 24.3 Å². The van der Waals surface area contributed by atoms with Crippen LogP contribution in [0.2, 0.25) is 5.02 Å². The molecule has 0 bridgehead atoms. The quantitative estimate of drug-likeness (QED) is 0.732. The fourth-order valence-corrected chi connectivity index (χ4v) is 0.826. The van der Waals surface area contributed by atoms with Crippen LogP contribution in [-0.2, 0) is 8.26 Å². The Morgan fingerprint density at radius 3 is 1.88 bits per heavy atom. The van der Waals surface area contributed by atoms with Crippen molar-refractivity contribution in [3.63, 3.8) is 0 Å². The zero-order valence-corrected chi connectivity index (χ0v) is 10.8. The van der Waals surface area contributed by atoms with E-state index in [1.807, 2.05) is 0 Å². The Balaban J connectivity index is 0.000000437. The van der Waals surface area contributed by atoms with Crippen LogP contribution in [0.5, 0.6) is 5.75 Å². The summed E-state index contributed by atoms with van der Waals surface area (Å²) in [5, 5.41) is -0.0603. The van der Waals surface area contributed by atoms with Gasteiger partial charge in [0.1, 0.15) is 5.75 Å². The summed E-state index contributed by atoms with van der Waals surface area (Å²) in [5.74, 6) is -0.383. The third kappa shape index (κ3) is 11.9. The highest BCUT2D eigenvalue weighted by molar-refractivity contribution is 8.31. The van der Waals surface area contributed by atoms with E-state index < -0.39 is 14.6 Å². The highest BCUT2D eigenvalue weighted by Gasteiger charge is 2.31. The van der Waals surface area contributed by atoms with Gasteiger partial charge in [-0.25, -0.2) is 0 Å². The van der Waals surface area contributed by atoms with Gasteiger partial charge in [0.05, 0.1) is 5.02 Å². The Kier molecular flexibility index (Phi) is 6.39. The molecule has 0 aromatic heterocycles. The van der Waals surface area contributed by atoms with Crippen LogP contribution in [0.25, 0.3) is 0 Å². The van der Waals surface area contributed by atoms with Crippen molar-refractivity contribution in [2.45, 2.75) is 6.36 Å². The van der Waals surface area contributed by atoms with Gasteiger partial charge in [-0.3, -0.25) is 0 Å². The lowest BCUT2D eigenvalue weighted by Gasteiger charge is -2.09. The fourth-order valence-electron chi connectivity index (χ4n) is 0.652. The summed E-state index contributed by atoms with van der Waals surface area (Å²) in [5.41, 5.74) is 0. The van der Waals surface area contributed by atoms with E-state index in [4.69, 9.17) is 20.0 Å². The molecule has 0 aliphatic carbocycles. The van der Waals surface area contributed by atoms with Gasteiger partial charge in [-0.2, -0.15) is 8.42 Å². The minimum atomic E-state index is -4.69. The van der Waals surface area contributed by atoms with E-state index in [0.29, 0.717) is 0 Å². The monoisotopic (exact) mass is 330 g/mol. The van der Waals surface area contributed by atoms with Crippen LogP contribution in [0.1, 0.15) is 0 Å². The number of hydrogen-bond donors (Lipinski definition) is 0. The second-order valence-electron chi connectivity index (χ2n) is 2.36. The van der Waals surface area contributed by atoms with E-state index in [9.17, 15) is 13.2 Å². The predicted octanol–water partition coefficient (Wildman–Crippen LogP) is 3.95. The number of hydrogen-bond acceptors (Lipinski definition) is 3. The average molecular weight is 332 g/mol. The van der Waals surface area contributed by atoms with Crippen molar-refractivity contribution in [1.29, 1.82) is 0 Å². The molecule has 0 unspecified atom stereocenters. The maximum atomic E-state index is 11.6. The molecule has 1 aromatic carbocycles. The van der Waals surface area contributed by atoms with Gasteiger partial charge < -0.3 is 4.74 Å². The van der Waals surface area contributed by atoms with Crippen molar-refractivity contribution in [3.05, 3.63) is 29.3 Å². The minimum Gasteiger partial charge on any atom is -0.404 e. The minimum absolute atomic E-state index is 0.0603. The lowest BCUT2D eigenvalue weighted by molar-refractivity contribution is -0.274. The Hall–Kier alpha value is -0.370. The van der Waals surface area contributed by atoms with Crippen molar-refractivity contribution in [2.75, 3.05) is 0 Å². The highest BCUT2D eigenvalue weighted by Crippen LogP contribution is 2.29. The van der Waals surface area contributed by atoms with Crippen molar-refractivity contribution < 1.29 is 26.3 Å². The largest absolute Gasteiger partial charge is 0.573 e. The first kappa shape index (κ1) is 16.6. The van der Waals surface area contributed by atoms with E-state index in [-0.39, 0.29) is 10.8 Å². The van der Waals surface area contributed by atoms with Crippen molar-refractivity contribution in [2.24, 2.45) is 0 Å². The zero-order chi connectivity index (χ0) is 13.7. The summed E-state index contributed by atoms with van der Waals surface area (Å²) >= 11 is 5.41. The van der Waals surface area contributed by atoms with E-state index in [0.717, 1.165) is 6.07 Å². The molecule has 0 saturated heterocycles. The molecule has 17 heavy (non-hydrogen) atoms. The summed E-state index contributed by atoms with van der Waals surface area (Å²) in [6.07, 6.45) is -4.69. The number of benzene rings is 1. The van der Waals surface area contributed by atoms with Crippen LogP contribution in [0.3, 0.4) is 0 Å². The number of rotatable bonds is 1. The normalized spacial score (nSPS) is 11.4. The maximum absolute atomic E-state index is 11.6. The van der Waals surface area contributed by atoms with Gasteiger partial charge in [-0.1, -0.05) is 23.7 Å². The molecule has 0 atom stereocenters. The van der Waals surface area contributed by atoms with Gasteiger partial charge in [0.2, 0.25) is 0 Å². The third-order valence-electron chi connectivity index (χ3n) is 1.06. The summed E-state index contributed by atoms with van der Waals surface area (Å²) in [4.78, 5) is 0. The van der Waals surface area contributed by atoms with E-state index in [2.05, 4.69) is 26.1 Å². The standard InChI is InChI=1S/C7H4ClF3O.Cl2O2S/c8-5-3-1-2-4-6(5)12-7(9,10)11;1-5(2,3)4/h1-4H;. The molecule has 0 saturated carbocycles. The molecule has 0 heterocycles. The third-order valence-corrected chi connectivity index (χ3v) is 1.37. The molecule has 0 spiro atoms. The SMILES string of the molecule is FC(F)(F)Oc1ccccc1Cl.O=S(=O)(Cl)Cl. The number of para-hydroxylation sites is 1. The molecule has 3 nitrogen and oxygen atoms in total. The lowest BCUT2D eigenvalue weighted by atomic mass is 10.3. The van der Waals surface area contributed by atoms with Crippen LogP contribution < -0.4 is 4.74 Å². The Bertz CT molecular complexity index is 453. The molecule has 0 fully saturated rings. The second-order valence-corrected chi connectivity index (χ2v) is 6.43. The molecule has 0 aliphatic heterocycles. The molecule has 98 valence electrons. The molecule has 0 radical (unpaired) electrons. The molecular weight excluding hydrogens is 327 g/mol. The van der Waals surface area contributed by atoms with Crippen LogP contribution in [-0.4, -0.2) is 14.8 Å². The van der Waals surface area contributed by atoms with Crippen LogP contribution in [0, 0.1) is 0 Å². The van der Waals surface area contributed by atoms with E-state index >= 15 is 0 Å². The van der Waals surface area contributed by atoms with Crippen LogP contribution in [0.4, 0.5) is 13.2 Å². The van der Waals surface area contributed by atoms with Gasteiger partial charge in [-0.05, 0) is 12.1 Å². The second kappa shape index (κ2) is 6.53. The predicted molar refractivity (Wildman–Crippen MR) is 58.8 cm³/mol. The molecular formula is C7H4Cl3F3O3S. The van der Waals surface area contributed by atoms with Gasteiger partial charge in [0, 0.05) is 21.4 Å². The van der Waals surface area contributed by atoms with E-state index in [1.54, 1.807) is 0 Å². The van der Waals surface area contributed by atoms with Crippen molar-refractivity contribution >= 4 is 41.2 Å². The summed E-state index contributed by atoms with van der Waals surface area (Å²) in [6.45, 7) is 0. The number of halogens is 6. The topological polar surface area (TPSA) is 43.4 Å². The lowest BCUT2D eigenvalue weighted by Crippen LogP contribution is -2.17. The molecule has 1 rings (SSSR count). The first-order chi connectivity index (χ1) is 7.49. The number of alkyl halides is 3. The van der Waals surface area contributed by atoms with E-state index in [1.165, 1.54) is 18.2 Å². The number of ether oxygens (including phenoxy) is 1. The van der Waals surface area contributed by atoms with Gasteiger partial charge in [0.25, 0.3) is 0 Å². The molecule has 0 N–H and O–H groups in total. The van der Waals surface area contributed by atoms with Crippen LogP contribution >= 0.6 is 33.0 Å². The molecule has 10 heteroatoms. The fraction of sp³-hybridized carbons (Fsp3) is 0.143. The summed E-state index contributed by atoms with van der Waals surface area (Å²) in [7, 11) is 4.81. The first-order valence-corrected chi connectivity index (χ1v) is 7.15. The van der Waals surface area contributed by atoms with Crippen molar-refractivity contribution in [3.8, 4) is 5.75 Å². The highest BCUT2D eigenvalue weighted by atomic mass is 36.0. The molecule has 1 aromatic rings. The van der Waals surface area contributed by atoms with Gasteiger partial charge in [-0.15, -0.1) is 13.2 Å². The Morgan fingerprint density at radius 1 is 1.12 bits per heavy atom. The molecule has 0 aliphatic rings. The smallest absolute Gasteiger partial charge is 0.404 e. The average Bonchev–Trinajstić information content (AvgIpc) is 2.03. The van der Waals surface area contributed by atoms with Crippen molar-refractivity contribution in [1.82, 2.24) is 0 Å². The Labute approximate surface area is 109 Å². The zero-order valence-electron chi connectivity index (χ0n) is 7.71. The molecule has 0 amide bonds. The summed E-state index contributed by atoms with van der Waals surface area (Å²) < 4.78 is 56.8. The van der Waals surface area contributed by atoms with Gasteiger partial charge >= 0.3 is 14.6 Å². The maximum Gasteiger partial charge on any atom is 0.573 e.